The maximum absolute atomic E-state index is 13.2. The molecule has 1 atom stereocenters. The van der Waals surface area contributed by atoms with E-state index in [9.17, 15) is 19.7 Å². The third-order valence-electron chi connectivity index (χ3n) is 5.90. The molecule has 10 heteroatoms. The number of carbonyl (C=O) groups is 2. The first-order chi connectivity index (χ1) is 16.3. The highest BCUT2D eigenvalue weighted by Crippen LogP contribution is 2.27. The zero-order valence-electron chi connectivity index (χ0n) is 18.8. The Kier molecular flexibility index (Phi) is 9.62. The van der Waals surface area contributed by atoms with E-state index in [0.29, 0.717) is 21.4 Å². The van der Waals surface area contributed by atoms with Gasteiger partial charge >= 0.3 is 0 Å². The molecule has 1 aliphatic carbocycles. The smallest absolute Gasteiger partial charge is 0.269 e. The van der Waals surface area contributed by atoms with Crippen LogP contribution in [0.4, 0.5) is 5.69 Å². The Balaban J connectivity index is 1.68. The van der Waals surface area contributed by atoms with Crippen molar-refractivity contribution in [1.82, 2.24) is 10.2 Å². The van der Waals surface area contributed by atoms with E-state index < -0.39 is 11.0 Å². The quantitative estimate of drug-likeness (QED) is 0.322. The van der Waals surface area contributed by atoms with Crippen molar-refractivity contribution < 1.29 is 14.5 Å². The van der Waals surface area contributed by atoms with Gasteiger partial charge < -0.3 is 10.2 Å². The van der Waals surface area contributed by atoms with Crippen LogP contribution in [0.5, 0.6) is 0 Å². The molecule has 2 aromatic carbocycles. The van der Waals surface area contributed by atoms with Crippen molar-refractivity contribution in [1.29, 1.82) is 0 Å². The van der Waals surface area contributed by atoms with Gasteiger partial charge in [0.1, 0.15) is 6.04 Å². The van der Waals surface area contributed by atoms with Crippen LogP contribution in [0.3, 0.4) is 0 Å². The van der Waals surface area contributed by atoms with Gasteiger partial charge in [-0.25, -0.2) is 0 Å². The van der Waals surface area contributed by atoms with E-state index in [2.05, 4.69) is 5.32 Å². The van der Waals surface area contributed by atoms with Crippen LogP contribution in [0, 0.1) is 10.1 Å². The monoisotopic (exact) mass is 523 g/mol. The SMILES string of the molecule is C[C@H](C(=O)NC1CCCC1)N(Cc1c(Cl)cccc1Cl)C(=O)CSCc1ccc([N+](=O)[O-])cc1. The summed E-state index contributed by atoms with van der Waals surface area (Å²) in [5.41, 5.74) is 1.49. The summed E-state index contributed by atoms with van der Waals surface area (Å²) >= 11 is 14.1. The van der Waals surface area contributed by atoms with Crippen molar-refractivity contribution in [3.8, 4) is 0 Å². The molecule has 0 aliphatic heterocycles. The number of amides is 2. The summed E-state index contributed by atoms with van der Waals surface area (Å²) in [6.45, 7) is 1.84. The predicted octanol–water partition coefficient (Wildman–Crippen LogP) is 5.61. The summed E-state index contributed by atoms with van der Waals surface area (Å²) in [6.07, 6.45) is 4.09. The number of thioether (sulfide) groups is 1. The summed E-state index contributed by atoms with van der Waals surface area (Å²) < 4.78 is 0. The van der Waals surface area contributed by atoms with E-state index in [1.807, 2.05) is 0 Å². The summed E-state index contributed by atoms with van der Waals surface area (Å²) in [5.74, 6) is 0.244. The number of rotatable bonds is 10. The van der Waals surface area contributed by atoms with Crippen molar-refractivity contribution in [2.45, 2.75) is 57.0 Å². The Hall–Kier alpha value is -2.29. The van der Waals surface area contributed by atoms with Crippen molar-refractivity contribution in [2.24, 2.45) is 0 Å². The first-order valence-electron chi connectivity index (χ1n) is 11.1. The summed E-state index contributed by atoms with van der Waals surface area (Å²) in [7, 11) is 0. The molecule has 0 bridgehead atoms. The van der Waals surface area contributed by atoms with Crippen LogP contribution >= 0.6 is 35.0 Å². The lowest BCUT2D eigenvalue weighted by Gasteiger charge is -2.30. The van der Waals surface area contributed by atoms with E-state index in [1.165, 1.54) is 28.8 Å². The molecule has 0 radical (unpaired) electrons. The number of nitro groups is 1. The number of carbonyl (C=O) groups excluding carboxylic acids is 2. The van der Waals surface area contributed by atoms with Gasteiger partial charge in [0.2, 0.25) is 11.8 Å². The minimum Gasteiger partial charge on any atom is -0.352 e. The summed E-state index contributed by atoms with van der Waals surface area (Å²) in [4.78, 5) is 38.1. The first-order valence-corrected chi connectivity index (χ1v) is 13.0. The van der Waals surface area contributed by atoms with Gasteiger partial charge in [-0.1, -0.05) is 54.2 Å². The molecule has 0 saturated heterocycles. The van der Waals surface area contributed by atoms with Crippen LogP contribution < -0.4 is 5.32 Å². The van der Waals surface area contributed by atoms with E-state index in [1.54, 1.807) is 37.3 Å². The van der Waals surface area contributed by atoms with Crippen LogP contribution in [0.1, 0.15) is 43.7 Å². The molecule has 0 aromatic heterocycles. The van der Waals surface area contributed by atoms with Gasteiger partial charge in [-0.3, -0.25) is 19.7 Å². The number of benzene rings is 2. The molecule has 1 saturated carbocycles. The average molecular weight is 524 g/mol. The molecule has 182 valence electrons. The highest BCUT2D eigenvalue weighted by molar-refractivity contribution is 7.99. The second-order valence-corrected chi connectivity index (χ2v) is 10.1. The number of nitrogens with zero attached hydrogens (tertiary/aromatic N) is 2. The summed E-state index contributed by atoms with van der Waals surface area (Å²) in [5, 5.41) is 14.8. The average Bonchev–Trinajstić information content (AvgIpc) is 3.32. The Bertz CT molecular complexity index is 1010. The molecule has 2 amide bonds. The Morgan fingerprint density at radius 3 is 2.35 bits per heavy atom. The lowest BCUT2D eigenvalue weighted by molar-refractivity contribution is -0.384. The molecule has 1 N–H and O–H groups in total. The molecule has 0 heterocycles. The molecular weight excluding hydrogens is 497 g/mol. The number of nitrogens with one attached hydrogen (secondary N) is 1. The van der Waals surface area contributed by atoms with Gasteiger partial charge in [-0.15, -0.1) is 11.8 Å². The molecular formula is C24H27Cl2N3O4S. The van der Waals surface area contributed by atoms with Crippen LogP contribution in [0.2, 0.25) is 10.0 Å². The Labute approximate surface area is 213 Å². The molecule has 1 aliphatic rings. The largest absolute Gasteiger partial charge is 0.352 e. The van der Waals surface area contributed by atoms with Crippen molar-refractivity contribution in [3.05, 3.63) is 73.8 Å². The van der Waals surface area contributed by atoms with Crippen molar-refractivity contribution in [3.63, 3.8) is 0 Å². The summed E-state index contributed by atoms with van der Waals surface area (Å²) in [6, 6.07) is 10.8. The highest BCUT2D eigenvalue weighted by Gasteiger charge is 2.29. The third kappa shape index (κ3) is 7.10. The normalized spacial score (nSPS) is 14.6. The fourth-order valence-electron chi connectivity index (χ4n) is 3.88. The van der Waals surface area contributed by atoms with E-state index in [0.717, 1.165) is 31.2 Å². The maximum Gasteiger partial charge on any atom is 0.269 e. The van der Waals surface area contributed by atoms with Crippen molar-refractivity contribution in [2.75, 3.05) is 5.75 Å². The second-order valence-electron chi connectivity index (χ2n) is 8.30. The van der Waals surface area contributed by atoms with Gasteiger partial charge in [-0.2, -0.15) is 0 Å². The molecule has 7 nitrogen and oxygen atoms in total. The second kappa shape index (κ2) is 12.4. The van der Waals surface area contributed by atoms with Crippen molar-refractivity contribution >= 4 is 52.5 Å². The molecule has 3 rings (SSSR count). The molecule has 1 fully saturated rings. The van der Waals surface area contributed by atoms with Crippen LogP contribution in [0.15, 0.2) is 42.5 Å². The number of non-ortho nitro benzene ring substituents is 1. The topological polar surface area (TPSA) is 92.6 Å². The fraction of sp³-hybridized carbons (Fsp3) is 0.417. The molecule has 2 aromatic rings. The van der Waals surface area contributed by atoms with Crippen LogP contribution in [-0.4, -0.2) is 39.5 Å². The zero-order chi connectivity index (χ0) is 24.7. The standard InChI is InChI=1S/C24H27Cl2N3O4S/c1-16(24(31)27-18-5-2-3-6-18)28(13-20-21(25)7-4-8-22(20)26)23(30)15-34-14-17-9-11-19(12-10-17)29(32)33/h4,7-12,16,18H,2-3,5-6,13-15H2,1H3,(H,27,31)/t16-/m1/s1. The molecule has 0 spiro atoms. The van der Waals surface area contributed by atoms with E-state index in [4.69, 9.17) is 23.2 Å². The lowest BCUT2D eigenvalue weighted by Crippen LogP contribution is -2.50. The van der Waals surface area contributed by atoms with E-state index >= 15 is 0 Å². The minimum atomic E-state index is -0.694. The zero-order valence-corrected chi connectivity index (χ0v) is 21.2. The van der Waals surface area contributed by atoms with Gasteiger partial charge in [0.25, 0.3) is 5.69 Å². The Morgan fingerprint density at radius 2 is 1.76 bits per heavy atom. The maximum atomic E-state index is 13.2. The van der Waals surface area contributed by atoms with Gasteiger partial charge in [0.05, 0.1) is 10.7 Å². The number of hydrogen-bond donors (Lipinski definition) is 1. The van der Waals surface area contributed by atoms with Gasteiger partial charge in [-0.05, 0) is 37.5 Å². The number of hydrogen-bond acceptors (Lipinski definition) is 5. The molecule has 34 heavy (non-hydrogen) atoms. The van der Waals surface area contributed by atoms with Crippen LogP contribution in [0.25, 0.3) is 0 Å². The fourth-order valence-corrected chi connectivity index (χ4v) is 5.27. The third-order valence-corrected chi connectivity index (χ3v) is 7.60. The van der Waals surface area contributed by atoms with Gasteiger partial charge in [0.15, 0.2) is 0 Å². The van der Waals surface area contributed by atoms with Gasteiger partial charge in [0, 0.05) is 46.1 Å². The number of halogens is 2. The molecule has 0 unspecified atom stereocenters. The minimum absolute atomic E-state index is 0.0229. The first kappa shape index (κ1) is 26.3. The highest BCUT2D eigenvalue weighted by atomic mass is 35.5. The van der Waals surface area contributed by atoms with E-state index in [-0.39, 0.29) is 35.8 Å². The lowest BCUT2D eigenvalue weighted by atomic mass is 10.1. The number of nitro benzene ring substituents is 1. The Morgan fingerprint density at radius 1 is 1.15 bits per heavy atom. The predicted molar refractivity (Wildman–Crippen MR) is 136 cm³/mol. The van der Waals surface area contributed by atoms with Crippen LogP contribution in [-0.2, 0) is 21.9 Å².